The van der Waals surface area contributed by atoms with E-state index in [0.717, 1.165) is 11.1 Å². The second-order valence-corrected chi connectivity index (χ2v) is 3.84. The first-order chi connectivity index (χ1) is 9.61. The van der Waals surface area contributed by atoms with Gasteiger partial charge in [0.2, 0.25) is 0 Å². The van der Waals surface area contributed by atoms with Crippen molar-refractivity contribution in [3.8, 4) is 0 Å². The van der Waals surface area contributed by atoms with E-state index in [1.165, 1.54) is 0 Å². The molecule has 2 aromatic carbocycles. The van der Waals surface area contributed by atoms with E-state index in [9.17, 15) is 9.59 Å². The van der Waals surface area contributed by atoms with E-state index in [2.05, 4.69) is 0 Å². The van der Waals surface area contributed by atoms with E-state index in [1.54, 1.807) is 13.8 Å². The molecule has 0 aromatic heterocycles. The van der Waals surface area contributed by atoms with Gasteiger partial charge in [0.05, 0.1) is 0 Å². The van der Waals surface area contributed by atoms with Crippen LogP contribution in [-0.2, 0) is 0 Å². The SMILES string of the molecule is CC(=O)c1ccccc1.CC(=O)c1ccccc1.OO.[KH]. The van der Waals surface area contributed by atoms with Crippen molar-refractivity contribution in [2.24, 2.45) is 0 Å². The molecule has 108 valence electrons. The van der Waals surface area contributed by atoms with Crippen LogP contribution in [0.1, 0.15) is 34.6 Å². The molecule has 2 aromatic rings. The second-order valence-electron chi connectivity index (χ2n) is 3.84. The quantitative estimate of drug-likeness (QED) is 0.386. The predicted molar refractivity (Wildman–Crippen MR) is 85.3 cm³/mol. The van der Waals surface area contributed by atoms with Crippen LogP contribution in [0.15, 0.2) is 60.7 Å². The van der Waals surface area contributed by atoms with Gasteiger partial charge < -0.3 is 0 Å². The number of Topliss-reactive ketones (excluding diaryl/α,β-unsaturated/α-hetero) is 2. The summed E-state index contributed by atoms with van der Waals surface area (Å²) in [5.41, 5.74) is 1.55. The summed E-state index contributed by atoms with van der Waals surface area (Å²) >= 11 is 0. The van der Waals surface area contributed by atoms with E-state index in [1.807, 2.05) is 60.7 Å². The third-order valence-corrected chi connectivity index (χ3v) is 2.36. The molecule has 0 saturated heterocycles. The van der Waals surface area contributed by atoms with Gasteiger partial charge in [0.15, 0.2) is 11.6 Å². The summed E-state index contributed by atoms with van der Waals surface area (Å²) in [4.78, 5) is 21.3. The molecule has 4 nitrogen and oxygen atoms in total. The van der Waals surface area contributed by atoms with Gasteiger partial charge in [-0.05, 0) is 13.8 Å². The maximum atomic E-state index is 10.6. The topological polar surface area (TPSA) is 74.6 Å². The molecule has 21 heavy (non-hydrogen) atoms. The van der Waals surface area contributed by atoms with Crippen molar-refractivity contribution in [3.63, 3.8) is 0 Å². The van der Waals surface area contributed by atoms with Crippen LogP contribution in [0.4, 0.5) is 0 Å². The Labute approximate surface area is 167 Å². The van der Waals surface area contributed by atoms with E-state index in [0.29, 0.717) is 0 Å². The van der Waals surface area contributed by atoms with Gasteiger partial charge >= 0.3 is 51.4 Å². The van der Waals surface area contributed by atoms with Gasteiger partial charge in [0, 0.05) is 11.1 Å². The Morgan fingerprint density at radius 2 is 0.905 bits per heavy atom. The summed E-state index contributed by atoms with van der Waals surface area (Å²) in [6.07, 6.45) is 0. The van der Waals surface area contributed by atoms with Crippen LogP contribution in [0, 0.1) is 0 Å². The standard InChI is InChI=1S/2C8H8O.K.H2O2.H/c2*1-7(9)8-5-3-2-4-6-8;;1-2;/h2*2-6H,1H3;;1-2H;. The molecular formula is C16H19KO4. The molecule has 0 saturated carbocycles. The molecular weight excluding hydrogens is 295 g/mol. The van der Waals surface area contributed by atoms with Crippen LogP contribution in [0.2, 0.25) is 0 Å². The number of carbonyl (C=O) groups excluding carboxylic acids is 2. The molecule has 0 bridgehead atoms. The Hall–Kier alpha value is -0.664. The molecule has 0 aliphatic heterocycles. The number of ketones is 2. The summed E-state index contributed by atoms with van der Waals surface area (Å²) in [6, 6.07) is 18.5. The van der Waals surface area contributed by atoms with Crippen LogP contribution in [0.5, 0.6) is 0 Å². The Bertz CT molecular complexity index is 463. The van der Waals surface area contributed by atoms with Crippen molar-refractivity contribution in [3.05, 3.63) is 71.8 Å². The Balaban J connectivity index is 0. The van der Waals surface area contributed by atoms with Crippen LogP contribution in [0.25, 0.3) is 0 Å². The minimum atomic E-state index is 0. The van der Waals surface area contributed by atoms with Crippen molar-refractivity contribution in [1.82, 2.24) is 0 Å². The molecule has 0 amide bonds. The van der Waals surface area contributed by atoms with Gasteiger partial charge in [-0.3, -0.25) is 20.1 Å². The number of hydrogen-bond acceptors (Lipinski definition) is 4. The molecule has 0 fully saturated rings. The van der Waals surface area contributed by atoms with Crippen molar-refractivity contribution >= 4 is 63.0 Å². The van der Waals surface area contributed by atoms with Crippen LogP contribution in [0.3, 0.4) is 0 Å². The van der Waals surface area contributed by atoms with E-state index in [4.69, 9.17) is 10.5 Å². The fraction of sp³-hybridized carbons (Fsp3) is 0.125. The third-order valence-electron chi connectivity index (χ3n) is 2.36. The minimum absolute atomic E-state index is 0. The number of carbonyl (C=O) groups is 2. The molecule has 0 unspecified atom stereocenters. The zero-order valence-electron chi connectivity index (χ0n) is 11.5. The summed E-state index contributed by atoms with van der Waals surface area (Å²) < 4.78 is 0. The van der Waals surface area contributed by atoms with E-state index >= 15 is 0 Å². The Morgan fingerprint density at radius 3 is 1.05 bits per heavy atom. The molecule has 0 atom stereocenters. The van der Waals surface area contributed by atoms with Gasteiger partial charge in [-0.2, -0.15) is 0 Å². The summed E-state index contributed by atoms with van der Waals surface area (Å²) in [5, 5.41) is 12.0. The first-order valence-electron chi connectivity index (χ1n) is 5.93. The van der Waals surface area contributed by atoms with Gasteiger partial charge in [-0.15, -0.1) is 0 Å². The first-order valence-corrected chi connectivity index (χ1v) is 5.93. The summed E-state index contributed by atoms with van der Waals surface area (Å²) in [6.45, 7) is 3.13. The molecule has 5 heteroatoms. The molecule has 0 heterocycles. The van der Waals surface area contributed by atoms with Gasteiger partial charge in [-0.1, -0.05) is 60.7 Å². The fourth-order valence-corrected chi connectivity index (χ4v) is 1.35. The van der Waals surface area contributed by atoms with Crippen LogP contribution < -0.4 is 0 Å². The van der Waals surface area contributed by atoms with Crippen LogP contribution >= 0.6 is 0 Å². The van der Waals surface area contributed by atoms with E-state index in [-0.39, 0.29) is 63.0 Å². The van der Waals surface area contributed by atoms with Crippen molar-refractivity contribution in [1.29, 1.82) is 0 Å². The molecule has 2 rings (SSSR count). The fourth-order valence-electron chi connectivity index (χ4n) is 1.35. The monoisotopic (exact) mass is 314 g/mol. The average Bonchev–Trinajstić information content (AvgIpc) is 2.51. The van der Waals surface area contributed by atoms with Crippen molar-refractivity contribution < 1.29 is 20.1 Å². The maximum absolute atomic E-state index is 10.6. The molecule has 0 radical (unpaired) electrons. The third kappa shape index (κ3) is 10.7. The van der Waals surface area contributed by atoms with Gasteiger partial charge in [0.1, 0.15) is 0 Å². The van der Waals surface area contributed by atoms with Gasteiger partial charge in [0.25, 0.3) is 0 Å². The van der Waals surface area contributed by atoms with Crippen LogP contribution in [-0.4, -0.2) is 73.5 Å². The molecule has 0 aliphatic carbocycles. The molecule has 0 spiro atoms. The normalized spacial score (nSPS) is 8.00. The van der Waals surface area contributed by atoms with Gasteiger partial charge in [-0.25, -0.2) is 0 Å². The van der Waals surface area contributed by atoms with E-state index < -0.39 is 0 Å². The van der Waals surface area contributed by atoms with Crippen molar-refractivity contribution in [2.75, 3.05) is 0 Å². The average molecular weight is 314 g/mol. The zero-order valence-corrected chi connectivity index (χ0v) is 11.5. The summed E-state index contributed by atoms with van der Waals surface area (Å²) in [7, 11) is 0. The number of rotatable bonds is 2. The van der Waals surface area contributed by atoms with Crippen molar-refractivity contribution in [2.45, 2.75) is 13.8 Å². The first kappa shape index (κ1) is 22.6. The Morgan fingerprint density at radius 1 is 0.667 bits per heavy atom. The summed E-state index contributed by atoms with van der Waals surface area (Å²) in [5.74, 6) is 0.242. The number of benzene rings is 2. The molecule has 0 aliphatic rings. The predicted octanol–water partition coefficient (Wildman–Crippen LogP) is 3.15. The number of hydrogen-bond donors (Lipinski definition) is 2. The second kappa shape index (κ2) is 14.3. The zero-order chi connectivity index (χ0) is 15.4. The molecule has 2 N–H and O–H groups in total. The Kier molecular flexibility index (Phi) is 15.4.